The molecule has 3 rings (SSSR count). The third-order valence-corrected chi connectivity index (χ3v) is 5.49. The van der Waals surface area contributed by atoms with Crippen molar-refractivity contribution in [2.75, 3.05) is 0 Å². The molecule has 0 spiro atoms. The zero-order chi connectivity index (χ0) is 19.2. The second-order valence-electron chi connectivity index (χ2n) is 5.16. The molecule has 11 heteroatoms. The predicted molar refractivity (Wildman–Crippen MR) is 96.7 cm³/mol. The van der Waals surface area contributed by atoms with Crippen LogP contribution >= 0.6 is 34.5 Å². The third-order valence-electron chi connectivity index (χ3n) is 3.40. The molecular formula is C15H8Cl2F2N2O3S2. The van der Waals surface area contributed by atoms with Crippen molar-refractivity contribution in [2.24, 2.45) is 5.14 Å². The SMILES string of the molecule is NS(=O)(=O)c1cc(F)c(-c2csc(=O)n2-c2cc(Cl)cc(Cl)c2)cc1F. The summed E-state index contributed by atoms with van der Waals surface area (Å²) in [4.78, 5) is 10.8. The number of aromatic nitrogens is 1. The lowest BCUT2D eigenvalue weighted by atomic mass is 10.1. The topological polar surface area (TPSA) is 82.2 Å². The van der Waals surface area contributed by atoms with Gasteiger partial charge in [0.1, 0.15) is 16.5 Å². The van der Waals surface area contributed by atoms with Crippen LogP contribution in [-0.4, -0.2) is 13.0 Å². The molecular weight excluding hydrogens is 429 g/mol. The highest BCUT2D eigenvalue weighted by Gasteiger charge is 2.22. The lowest BCUT2D eigenvalue weighted by Crippen LogP contribution is -2.15. The quantitative estimate of drug-likeness (QED) is 0.677. The number of thiazole rings is 1. The van der Waals surface area contributed by atoms with Gasteiger partial charge in [-0.2, -0.15) is 0 Å². The average molecular weight is 437 g/mol. The molecule has 0 atom stereocenters. The summed E-state index contributed by atoms with van der Waals surface area (Å²) in [7, 11) is -4.44. The monoisotopic (exact) mass is 436 g/mol. The van der Waals surface area contributed by atoms with Crippen molar-refractivity contribution in [2.45, 2.75) is 4.90 Å². The molecule has 1 heterocycles. The molecule has 0 bridgehead atoms. The minimum atomic E-state index is -4.44. The van der Waals surface area contributed by atoms with E-state index in [1.165, 1.54) is 23.6 Å². The van der Waals surface area contributed by atoms with Crippen LogP contribution in [0.4, 0.5) is 8.78 Å². The number of nitrogens with two attached hydrogens (primary N) is 1. The van der Waals surface area contributed by atoms with Gasteiger partial charge in [0.15, 0.2) is 0 Å². The molecule has 0 aliphatic rings. The number of sulfonamides is 1. The highest BCUT2D eigenvalue weighted by atomic mass is 35.5. The Morgan fingerprint density at radius 2 is 1.62 bits per heavy atom. The van der Waals surface area contributed by atoms with Crippen LogP contribution in [0.5, 0.6) is 0 Å². The zero-order valence-corrected chi connectivity index (χ0v) is 15.7. The molecule has 26 heavy (non-hydrogen) atoms. The number of primary sulfonamides is 1. The smallest absolute Gasteiger partial charge is 0.267 e. The van der Waals surface area contributed by atoms with Gasteiger partial charge in [-0.15, -0.1) is 0 Å². The van der Waals surface area contributed by atoms with E-state index in [1.807, 2.05) is 0 Å². The summed E-state index contributed by atoms with van der Waals surface area (Å²) in [6.45, 7) is 0. The predicted octanol–water partition coefficient (Wildman–Crippen LogP) is 3.80. The molecule has 0 saturated heterocycles. The molecule has 2 aromatic carbocycles. The van der Waals surface area contributed by atoms with Gasteiger partial charge in [-0.3, -0.25) is 9.36 Å². The fourth-order valence-electron chi connectivity index (χ4n) is 2.35. The van der Waals surface area contributed by atoms with Crippen molar-refractivity contribution >= 4 is 44.6 Å². The Hall–Kier alpha value is -1.78. The molecule has 0 radical (unpaired) electrons. The Labute approximate surface area is 160 Å². The van der Waals surface area contributed by atoms with Crippen molar-refractivity contribution in [3.63, 3.8) is 0 Å². The van der Waals surface area contributed by atoms with Crippen LogP contribution in [0.2, 0.25) is 10.0 Å². The first-order chi connectivity index (χ1) is 12.1. The minimum absolute atomic E-state index is 0.00991. The van der Waals surface area contributed by atoms with Crippen LogP contribution in [0.3, 0.4) is 0 Å². The Bertz CT molecular complexity index is 1170. The van der Waals surface area contributed by atoms with Gasteiger partial charge >= 0.3 is 4.87 Å². The molecule has 2 N–H and O–H groups in total. The number of rotatable bonds is 3. The first-order valence-corrected chi connectivity index (χ1v) is 9.95. The van der Waals surface area contributed by atoms with E-state index in [4.69, 9.17) is 28.3 Å². The lowest BCUT2D eigenvalue weighted by molar-refractivity contribution is 0.555. The highest BCUT2D eigenvalue weighted by Crippen LogP contribution is 2.31. The molecule has 0 unspecified atom stereocenters. The van der Waals surface area contributed by atoms with Crippen molar-refractivity contribution in [1.29, 1.82) is 0 Å². The Morgan fingerprint density at radius 1 is 1.00 bits per heavy atom. The Kier molecular flexibility index (Phi) is 4.93. The standard InChI is InChI=1S/C15H8Cl2F2N2O3S2/c16-7-1-8(17)3-9(2-7)21-13(6-25-15(21)22)10-4-12(19)14(5-11(10)18)26(20,23)24/h1-6H,(H2,20,23,24). The molecule has 5 nitrogen and oxygen atoms in total. The van der Waals surface area contributed by atoms with Crippen LogP contribution in [-0.2, 0) is 10.0 Å². The maximum atomic E-state index is 14.5. The normalized spacial score (nSPS) is 11.7. The van der Waals surface area contributed by atoms with Crippen LogP contribution < -0.4 is 10.0 Å². The minimum Gasteiger partial charge on any atom is -0.267 e. The van der Waals surface area contributed by atoms with E-state index in [-0.39, 0.29) is 27.0 Å². The van der Waals surface area contributed by atoms with E-state index < -0.39 is 31.4 Å². The molecule has 0 aliphatic heterocycles. The zero-order valence-electron chi connectivity index (χ0n) is 12.5. The number of hydrogen-bond donors (Lipinski definition) is 1. The Morgan fingerprint density at radius 3 is 2.19 bits per heavy atom. The highest BCUT2D eigenvalue weighted by molar-refractivity contribution is 7.89. The van der Waals surface area contributed by atoms with Crippen LogP contribution in [0.1, 0.15) is 0 Å². The van der Waals surface area contributed by atoms with Crippen molar-refractivity contribution in [1.82, 2.24) is 4.57 Å². The summed E-state index contributed by atoms with van der Waals surface area (Å²) in [6.07, 6.45) is 0. The third kappa shape index (κ3) is 3.53. The second kappa shape index (κ2) is 6.75. The summed E-state index contributed by atoms with van der Waals surface area (Å²) in [5.74, 6) is -2.30. The molecule has 0 aliphatic carbocycles. The van der Waals surface area contributed by atoms with Crippen molar-refractivity contribution in [3.05, 3.63) is 67.1 Å². The van der Waals surface area contributed by atoms with Gasteiger partial charge in [-0.25, -0.2) is 22.3 Å². The summed E-state index contributed by atoms with van der Waals surface area (Å²) >= 11 is 12.6. The van der Waals surface area contributed by atoms with E-state index in [0.29, 0.717) is 12.1 Å². The molecule has 136 valence electrons. The van der Waals surface area contributed by atoms with Gasteiger partial charge in [0, 0.05) is 21.0 Å². The van der Waals surface area contributed by atoms with Crippen molar-refractivity contribution < 1.29 is 17.2 Å². The fraction of sp³-hybridized carbons (Fsp3) is 0. The second-order valence-corrected chi connectivity index (χ2v) is 8.38. The van der Waals surface area contributed by atoms with E-state index in [1.54, 1.807) is 0 Å². The Balaban J connectivity index is 2.28. The number of benzene rings is 2. The van der Waals surface area contributed by atoms with Gasteiger partial charge in [0.25, 0.3) is 0 Å². The van der Waals surface area contributed by atoms with Gasteiger partial charge in [0.2, 0.25) is 10.0 Å². The number of hydrogen-bond acceptors (Lipinski definition) is 4. The first kappa shape index (κ1) is 19.0. The summed E-state index contributed by atoms with van der Waals surface area (Å²) < 4.78 is 52.3. The average Bonchev–Trinajstić information content (AvgIpc) is 2.88. The maximum absolute atomic E-state index is 14.5. The van der Waals surface area contributed by atoms with E-state index in [2.05, 4.69) is 0 Å². The van der Waals surface area contributed by atoms with Crippen molar-refractivity contribution in [3.8, 4) is 16.9 Å². The van der Waals surface area contributed by atoms with Crippen LogP contribution in [0.15, 0.2) is 45.4 Å². The van der Waals surface area contributed by atoms with Gasteiger partial charge in [-0.1, -0.05) is 34.5 Å². The summed E-state index contributed by atoms with van der Waals surface area (Å²) in [5, 5.41) is 6.65. The number of halogens is 4. The van der Waals surface area contributed by atoms with Crippen LogP contribution in [0.25, 0.3) is 16.9 Å². The summed E-state index contributed by atoms with van der Waals surface area (Å²) in [6, 6.07) is 5.44. The number of nitrogens with zero attached hydrogens (tertiary/aromatic N) is 1. The van der Waals surface area contributed by atoms with E-state index in [9.17, 15) is 22.0 Å². The van der Waals surface area contributed by atoms with E-state index in [0.717, 1.165) is 15.9 Å². The lowest BCUT2D eigenvalue weighted by Gasteiger charge is -2.11. The molecule has 1 aromatic heterocycles. The van der Waals surface area contributed by atoms with Gasteiger partial charge in [-0.05, 0) is 30.3 Å². The fourth-order valence-corrected chi connectivity index (χ4v) is 4.22. The van der Waals surface area contributed by atoms with Gasteiger partial charge < -0.3 is 0 Å². The molecule has 3 aromatic rings. The first-order valence-electron chi connectivity index (χ1n) is 6.77. The summed E-state index contributed by atoms with van der Waals surface area (Å²) in [5.41, 5.74) is -0.0564. The molecule has 0 fully saturated rings. The molecule has 0 amide bonds. The van der Waals surface area contributed by atoms with Gasteiger partial charge in [0.05, 0.1) is 11.4 Å². The maximum Gasteiger partial charge on any atom is 0.312 e. The van der Waals surface area contributed by atoms with E-state index >= 15 is 0 Å². The van der Waals surface area contributed by atoms with Crippen LogP contribution in [0, 0.1) is 11.6 Å². The molecule has 0 saturated carbocycles. The largest absolute Gasteiger partial charge is 0.312 e.